The highest BCUT2D eigenvalue weighted by Gasteiger charge is 2.18. The van der Waals surface area contributed by atoms with Crippen LogP contribution in [-0.2, 0) is 9.53 Å². The van der Waals surface area contributed by atoms with Crippen molar-refractivity contribution in [1.29, 1.82) is 0 Å². The highest BCUT2D eigenvalue weighted by Crippen LogP contribution is 2.25. The zero-order valence-electron chi connectivity index (χ0n) is 20.4. The fraction of sp³-hybridized carbons (Fsp3) is 0.519. The fourth-order valence-electron chi connectivity index (χ4n) is 3.97. The number of esters is 1. The standard InChI is InChI=1S/C27H40N2O3/c1-27(2,21-29(3)4)20-28-18-22(12-7-6-8-17-26(30)31-5)19-32-25-16-11-14-23-13-9-10-15-24(23)25/h9-16,28H,6-8,17-21H2,1-5H3. The molecule has 0 saturated heterocycles. The Bertz CT molecular complexity index is 869. The molecule has 0 saturated carbocycles. The largest absolute Gasteiger partial charge is 0.489 e. The van der Waals surface area contributed by atoms with Crippen LogP contribution in [0.3, 0.4) is 0 Å². The van der Waals surface area contributed by atoms with Crippen LogP contribution < -0.4 is 10.1 Å². The number of unbranched alkanes of at least 4 members (excludes halogenated alkanes) is 2. The number of benzene rings is 2. The molecule has 0 bridgehead atoms. The van der Waals surface area contributed by atoms with Crippen LogP contribution in [0.5, 0.6) is 5.75 Å². The number of hydrogen-bond donors (Lipinski definition) is 1. The summed E-state index contributed by atoms with van der Waals surface area (Å²) < 4.78 is 11.0. The number of rotatable bonds is 14. The zero-order chi connectivity index (χ0) is 23.4. The van der Waals surface area contributed by atoms with Gasteiger partial charge in [0, 0.05) is 31.4 Å². The Morgan fingerprint density at radius 3 is 2.59 bits per heavy atom. The SMILES string of the molecule is COC(=O)CCCCC=C(CNCC(C)(C)CN(C)C)COc1cccc2ccccc12. The lowest BCUT2D eigenvalue weighted by atomic mass is 9.93. The van der Waals surface area contributed by atoms with Gasteiger partial charge < -0.3 is 19.7 Å². The number of ether oxygens (including phenoxy) is 2. The van der Waals surface area contributed by atoms with Crippen LogP contribution in [0.4, 0.5) is 0 Å². The Morgan fingerprint density at radius 2 is 1.84 bits per heavy atom. The molecule has 176 valence electrons. The third kappa shape index (κ3) is 9.41. The summed E-state index contributed by atoms with van der Waals surface area (Å²) in [6.45, 7) is 7.86. The van der Waals surface area contributed by atoms with Crippen LogP contribution in [0.25, 0.3) is 10.8 Å². The molecular weight excluding hydrogens is 400 g/mol. The summed E-state index contributed by atoms with van der Waals surface area (Å²) in [6.07, 6.45) is 5.45. The molecule has 2 aromatic carbocycles. The van der Waals surface area contributed by atoms with E-state index in [1.54, 1.807) is 0 Å². The summed E-state index contributed by atoms with van der Waals surface area (Å²) in [5.74, 6) is 0.769. The van der Waals surface area contributed by atoms with Crippen molar-refractivity contribution in [2.45, 2.75) is 39.5 Å². The van der Waals surface area contributed by atoms with Crippen LogP contribution in [0, 0.1) is 5.41 Å². The molecular formula is C27H40N2O3. The van der Waals surface area contributed by atoms with Crippen molar-refractivity contribution in [1.82, 2.24) is 10.2 Å². The van der Waals surface area contributed by atoms with Crippen LogP contribution in [0.1, 0.15) is 39.5 Å². The smallest absolute Gasteiger partial charge is 0.305 e. The van der Waals surface area contributed by atoms with Crippen LogP contribution in [-0.4, -0.2) is 58.3 Å². The predicted molar refractivity (Wildman–Crippen MR) is 133 cm³/mol. The number of allylic oxidation sites excluding steroid dienone is 1. The maximum Gasteiger partial charge on any atom is 0.305 e. The van der Waals surface area contributed by atoms with Crippen LogP contribution >= 0.6 is 0 Å². The first kappa shape index (κ1) is 25.9. The summed E-state index contributed by atoms with van der Waals surface area (Å²) in [5, 5.41) is 5.94. The van der Waals surface area contributed by atoms with Gasteiger partial charge in [-0.1, -0.05) is 56.3 Å². The Kier molecular flexibility index (Phi) is 10.7. The number of fused-ring (bicyclic) bond motifs is 1. The van der Waals surface area contributed by atoms with Crippen molar-refractivity contribution in [2.75, 3.05) is 47.4 Å². The van der Waals surface area contributed by atoms with E-state index in [0.29, 0.717) is 13.0 Å². The van der Waals surface area contributed by atoms with E-state index in [4.69, 9.17) is 9.47 Å². The lowest BCUT2D eigenvalue weighted by Gasteiger charge is -2.28. The fourth-order valence-corrected chi connectivity index (χ4v) is 3.97. The van der Waals surface area contributed by atoms with Gasteiger partial charge in [-0.25, -0.2) is 0 Å². The van der Waals surface area contributed by atoms with E-state index in [0.717, 1.165) is 50.0 Å². The summed E-state index contributed by atoms with van der Waals surface area (Å²) >= 11 is 0. The average molecular weight is 441 g/mol. The van der Waals surface area contributed by atoms with Crippen LogP contribution in [0.2, 0.25) is 0 Å². The van der Waals surface area contributed by atoms with E-state index in [2.05, 4.69) is 62.4 Å². The summed E-state index contributed by atoms with van der Waals surface area (Å²) in [7, 11) is 5.66. The molecule has 0 radical (unpaired) electrons. The minimum absolute atomic E-state index is 0.140. The van der Waals surface area contributed by atoms with E-state index in [9.17, 15) is 4.79 Å². The highest BCUT2D eigenvalue weighted by molar-refractivity contribution is 5.88. The molecule has 0 atom stereocenters. The minimum Gasteiger partial charge on any atom is -0.489 e. The lowest BCUT2D eigenvalue weighted by Crippen LogP contribution is -2.38. The van der Waals surface area contributed by atoms with E-state index in [1.165, 1.54) is 18.1 Å². The van der Waals surface area contributed by atoms with E-state index >= 15 is 0 Å². The molecule has 32 heavy (non-hydrogen) atoms. The van der Waals surface area contributed by atoms with E-state index in [-0.39, 0.29) is 11.4 Å². The maximum atomic E-state index is 11.3. The Balaban J connectivity index is 1.97. The van der Waals surface area contributed by atoms with Gasteiger partial charge in [0.2, 0.25) is 0 Å². The first-order valence-corrected chi connectivity index (χ1v) is 11.5. The Hall–Kier alpha value is -2.37. The number of methoxy groups -OCH3 is 1. The van der Waals surface area contributed by atoms with Crippen molar-refractivity contribution in [3.8, 4) is 5.75 Å². The van der Waals surface area contributed by atoms with Gasteiger partial charge in [-0.3, -0.25) is 4.79 Å². The molecule has 5 nitrogen and oxygen atoms in total. The van der Waals surface area contributed by atoms with Gasteiger partial charge in [-0.15, -0.1) is 0 Å². The molecule has 0 spiro atoms. The summed E-state index contributed by atoms with van der Waals surface area (Å²) in [6, 6.07) is 14.5. The molecule has 1 N–H and O–H groups in total. The normalized spacial score (nSPS) is 12.4. The highest BCUT2D eigenvalue weighted by atomic mass is 16.5. The van der Waals surface area contributed by atoms with Crippen molar-refractivity contribution in [3.63, 3.8) is 0 Å². The first-order valence-electron chi connectivity index (χ1n) is 11.5. The molecule has 0 amide bonds. The molecule has 0 aromatic heterocycles. The first-order chi connectivity index (χ1) is 15.3. The number of nitrogens with one attached hydrogen (secondary N) is 1. The van der Waals surface area contributed by atoms with E-state index in [1.807, 2.05) is 24.3 Å². The molecule has 0 unspecified atom stereocenters. The second-order valence-corrected chi connectivity index (χ2v) is 9.46. The number of carbonyl (C=O) groups is 1. The van der Waals surface area contributed by atoms with Gasteiger partial charge in [0.1, 0.15) is 12.4 Å². The number of hydrogen-bond acceptors (Lipinski definition) is 5. The van der Waals surface area contributed by atoms with Gasteiger partial charge in [0.25, 0.3) is 0 Å². The van der Waals surface area contributed by atoms with Crippen molar-refractivity contribution in [3.05, 3.63) is 54.1 Å². The topological polar surface area (TPSA) is 50.8 Å². The molecule has 0 aliphatic carbocycles. The summed E-state index contributed by atoms with van der Waals surface area (Å²) in [5.41, 5.74) is 1.42. The lowest BCUT2D eigenvalue weighted by molar-refractivity contribution is -0.140. The monoisotopic (exact) mass is 440 g/mol. The number of nitrogens with zero attached hydrogens (tertiary/aromatic N) is 1. The zero-order valence-corrected chi connectivity index (χ0v) is 20.4. The van der Waals surface area contributed by atoms with Gasteiger partial charge in [-0.05, 0) is 55.8 Å². The van der Waals surface area contributed by atoms with Crippen molar-refractivity contribution >= 4 is 16.7 Å². The van der Waals surface area contributed by atoms with Gasteiger partial charge in [0.05, 0.1) is 7.11 Å². The van der Waals surface area contributed by atoms with Crippen LogP contribution in [0.15, 0.2) is 54.1 Å². The Morgan fingerprint density at radius 1 is 1.09 bits per heavy atom. The quantitative estimate of drug-likeness (QED) is 0.253. The number of carbonyl (C=O) groups excluding carboxylic acids is 1. The van der Waals surface area contributed by atoms with Crippen molar-refractivity contribution < 1.29 is 14.3 Å². The van der Waals surface area contributed by atoms with Crippen molar-refractivity contribution in [2.24, 2.45) is 5.41 Å². The molecule has 2 aromatic rings. The molecule has 0 heterocycles. The second kappa shape index (κ2) is 13.2. The molecule has 0 fully saturated rings. The third-order valence-electron chi connectivity index (χ3n) is 5.36. The average Bonchev–Trinajstić information content (AvgIpc) is 2.75. The minimum atomic E-state index is -0.140. The Labute approximate surface area is 193 Å². The molecule has 0 aliphatic rings. The molecule has 2 rings (SSSR count). The summed E-state index contributed by atoms with van der Waals surface area (Å²) in [4.78, 5) is 13.5. The van der Waals surface area contributed by atoms with Gasteiger partial charge in [-0.2, -0.15) is 0 Å². The molecule has 5 heteroatoms. The maximum absolute atomic E-state index is 11.3. The van der Waals surface area contributed by atoms with E-state index < -0.39 is 0 Å². The second-order valence-electron chi connectivity index (χ2n) is 9.46. The predicted octanol–water partition coefficient (Wildman–Crippen LogP) is 5.06. The van der Waals surface area contributed by atoms with Gasteiger partial charge >= 0.3 is 5.97 Å². The van der Waals surface area contributed by atoms with Gasteiger partial charge in [0.15, 0.2) is 0 Å². The third-order valence-corrected chi connectivity index (χ3v) is 5.36. The molecule has 0 aliphatic heterocycles.